The van der Waals surface area contributed by atoms with E-state index in [9.17, 15) is 9.59 Å². The molecule has 0 spiro atoms. The molecule has 36 heavy (non-hydrogen) atoms. The first-order valence-electron chi connectivity index (χ1n) is 12.2. The maximum atomic E-state index is 13.1. The summed E-state index contributed by atoms with van der Waals surface area (Å²) in [7, 11) is 0. The van der Waals surface area contributed by atoms with Crippen LogP contribution in [0.1, 0.15) is 25.3 Å². The SMILES string of the molecule is CCCCOc1ccc(-c2cc3c4nn(CC(=O)N5CCc6ccccc65)c(=O)n4ccn3n2)cc1. The van der Waals surface area contributed by atoms with E-state index in [1.807, 2.05) is 54.6 Å². The Bertz CT molecular complexity index is 1630. The number of amides is 1. The van der Waals surface area contributed by atoms with Crippen LogP contribution in [0.15, 0.2) is 71.8 Å². The zero-order valence-corrected chi connectivity index (χ0v) is 20.0. The maximum absolute atomic E-state index is 13.1. The van der Waals surface area contributed by atoms with E-state index in [-0.39, 0.29) is 18.1 Å². The molecule has 1 amide bonds. The van der Waals surface area contributed by atoms with Crippen LogP contribution in [0.25, 0.3) is 22.4 Å². The molecule has 0 aliphatic carbocycles. The predicted molar refractivity (Wildman–Crippen MR) is 137 cm³/mol. The van der Waals surface area contributed by atoms with Crippen molar-refractivity contribution in [2.75, 3.05) is 18.1 Å². The number of hydrogen-bond donors (Lipinski definition) is 0. The van der Waals surface area contributed by atoms with Crippen molar-refractivity contribution in [3.8, 4) is 17.0 Å². The first-order chi connectivity index (χ1) is 17.6. The van der Waals surface area contributed by atoms with Gasteiger partial charge in [0.25, 0.3) is 0 Å². The third-order valence-electron chi connectivity index (χ3n) is 6.58. The van der Waals surface area contributed by atoms with Crippen LogP contribution < -0.4 is 15.3 Å². The van der Waals surface area contributed by atoms with Gasteiger partial charge in [0.15, 0.2) is 5.65 Å². The van der Waals surface area contributed by atoms with Crippen LogP contribution in [0.2, 0.25) is 0 Å². The summed E-state index contributed by atoms with van der Waals surface area (Å²) in [6.45, 7) is 3.32. The van der Waals surface area contributed by atoms with Crippen molar-refractivity contribution in [2.24, 2.45) is 0 Å². The van der Waals surface area contributed by atoms with E-state index in [2.05, 4.69) is 17.1 Å². The van der Waals surface area contributed by atoms with Gasteiger partial charge in [0.05, 0.1) is 12.3 Å². The molecule has 0 saturated carbocycles. The predicted octanol–water partition coefficient (Wildman–Crippen LogP) is 3.58. The highest BCUT2D eigenvalue weighted by Gasteiger charge is 2.25. The van der Waals surface area contributed by atoms with Gasteiger partial charge in [0.2, 0.25) is 5.91 Å². The molecule has 1 aliphatic heterocycles. The highest BCUT2D eigenvalue weighted by Crippen LogP contribution is 2.28. The van der Waals surface area contributed by atoms with Crippen molar-refractivity contribution >= 4 is 22.8 Å². The van der Waals surface area contributed by atoms with Crippen molar-refractivity contribution in [1.82, 2.24) is 23.8 Å². The molecule has 0 bridgehead atoms. The fourth-order valence-electron chi connectivity index (χ4n) is 4.65. The number of rotatable bonds is 7. The summed E-state index contributed by atoms with van der Waals surface area (Å²) < 4.78 is 10.1. The highest BCUT2D eigenvalue weighted by molar-refractivity contribution is 5.95. The van der Waals surface area contributed by atoms with Crippen LogP contribution in [0.4, 0.5) is 5.69 Å². The lowest BCUT2D eigenvalue weighted by Crippen LogP contribution is -2.35. The minimum Gasteiger partial charge on any atom is -0.494 e. The molecule has 3 aromatic heterocycles. The second-order valence-corrected chi connectivity index (χ2v) is 8.94. The van der Waals surface area contributed by atoms with Crippen LogP contribution in [-0.4, -0.2) is 42.9 Å². The first-order valence-corrected chi connectivity index (χ1v) is 12.2. The second kappa shape index (κ2) is 8.99. The lowest BCUT2D eigenvalue weighted by molar-refractivity contribution is -0.119. The van der Waals surface area contributed by atoms with E-state index in [4.69, 9.17) is 4.74 Å². The topological polar surface area (TPSA) is 86.1 Å². The molecule has 0 radical (unpaired) electrons. The molecule has 0 N–H and O–H groups in total. The summed E-state index contributed by atoms with van der Waals surface area (Å²) in [6, 6.07) is 17.6. The lowest BCUT2D eigenvalue weighted by Gasteiger charge is -2.16. The van der Waals surface area contributed by atoms with Gasteiger partial charge in [-0.2, -0.15) is 5.10 Å². The Kier molecular flexibility index (Phi) is 5.52. The Morgan fingerprint density at radius 3 is 2.72 bits per heavy atom. The summed E-state index contributed by atoms with van der Waals surface area (Å²) >= 11 is 0. The minimum absolute atomic E-state index is 0.124. The average molecular weight is 483 g/mol. The van der Waals surface area contributed by atoms with E-state index >= 15 is 0 Å². The van der Waals surface area contributed by atoms with Gasteiger partial charge in [-0.1, -0.05) is 31.5 Å². The third-order valence-corrected chi connectivity index (χ3v) is 6.58. The number of unbranched alkanes of at least 4 members (excludes halogenated alkanes) is 1. The smallest absolute Gasteiger partial charge is 0.350 e. The molecule has 9 heteroatoms. The Hall–Kier alpha value is -4.40. The number of nitrogens with zero attached hydrogens (tertiary/aromatic N) is 6. The van der Waals surface area contributed by atoms with E-state index in [1.54, 1.807) is 21.8 Å². The number of ether oxygens (including phenoxy) is 1. The van der Waals surface area contributed by atoms with Crippen molar-refractivity contribution in [1.29, 1.82) is 0 Å². The number of carbonyl (C=O) groups is 1. The van der Waals surface area contributed by atoms with E-state index in [0.717, 1.165) is 47.5 Å². The summed E-state index contributed by atoms with van der Waals surface area (Å²) in [5.41, 5.74) is 4.52. The molecule has 1 aliphatic rings. The Morgan fingerprint density at radius 2 is 1.89 bits per heavy atom. The summed E-state index contributed by atoms with van der Waals surface area (Å²) in [5.74, 6) is 0.672. The largest absolute Gasteiger partial charge is 0.494 e. The Labute approximate surface area is 207 Å². The molecular weight excluding hydrogens is 456 g/mol. The number of para-hydroxylation sites is 1. The van der Waals surface area contributed by atoms with E-state index in [1.165, 1.54) is 9.08 Å². The van der Waals surface area contributed by atoms with Gasteiger partial charge in [-0.05, 0) is 54.8 Å². The molecule has 5 aromatic rings. The second-order valence-electron chi connectivity index (χ2n) is 8.94. The Balaban J connectivity index is 1.28. The number of anilines is 1. The van der Waals surface area contributed by atoms with Crippen molar-refractivity contribution in [3.05, 3.63) is 83.0 Å². The molecule has 2 aromatic carbocycles. The minimum atomic E-state index is -0.357. The standard InChI is InChI=1S/C27H26N6O3/c1-2-3-16-36-21-10-8-19(9-11-21)22-17-24-26-29-33(27(35)31(26)14-15-32(24)28-22)18-25(34)30-13-12-20-6-4-5-7-23(20)30/h4-11,14-15,17H,2-3,12-13,16,18H2,1H3. The quantitative estimate of drug-likeness (QED) is 0.331. The van der Waals surface area contributed by atoms with Crippen LogP contribution >= 0.6 is 0 Å². The number of benzene rings is 2. The molecule has 6 rings (SSSR count). The van der Waals surface area contributed by atoms with Crippen molar-refractivity contribution in [3.63, 3.8) is 0 Å². The first kappa shape index (κ1) is 22.1. The summed E-state index contributed by atoms with van der Waals surface area (Å²) in [5, 5.41) is 9.17. The molecule has 0 unspecified atom stereocenters. The van der Waals surface area contributed by atoms with E-state index < -0.39 is 0 Å². The lowest BCUT2D eigenvalue weighted by atomic mass is 10.1. The normalized spacial score (nSPS) is 13.0. The molecule has 4 heterocycles. The van der Waals surface area contributed by atoms with Gasteiger partial charge in [-0.3, -0.25) is 4.79 Å². The van der Waals surface area contributed by atoms with Gasteiger partial charge >= 0.3 is 5.69 Å². The molecule has 0 saturated heterocycles. The van der Waals surface area contributed by atoms with Gasteiger partial charge in [-0.25, -0.2) is 18.4 Å². The monoisotopic (exact) mass is 482 g/mol. The summed E-state index contributed by atoms with van der Waals surface area (Å²) in [4.78, 5) is 27.8. The number of aromatic nitrogens is 5. The molecular formula is C27H26N6O3. The number of fused-ring (bicyclic) bond motifs is 4. The zero-order chi connectivity index (χ0) is 24.6. The fourth-order valence-corrected chi connectivity index (χ4v) is 4.65. The number of hydrogen-bond acceptors (Lipinski definition) is 5. The third kappa shape index (κ3) is 3.82. The van der Waals surface area contributed by atoms with E-state index in [0.29, 0.717) is 24.3 Å². The van der Waals surface area contributed by atoms with Gasteiger partial charge in [-0.15, -0.1) is 5.10 Å². The van der Waals surface area contributed by atoms with Gasteiger partial charge in [0, 0.05) is 30.2 Å². The van der Waals surface area contributed by atoms with Crippen LogP contribution in [0.5, 0.6) is 5.75 Å². The molecule has 0 fully saturated rings. The molecule has 0 atom stereocenters. The van der Waals surface area contributed by atoms with Crippen LogP contribution in [-0.2, 0) is 17.8 Å². The van der Waals surface area contributed by atoms with Crippen molar-refractivity contribution in [2.45, 2.75) is 32.7 Å². The zero-order valence-electron chi connectivity index (χ0n) is 20.0. The molecule has 9 nitrogen and oxygen atoms in total. The average Bonchev–Trinajstić information content (AvgIpc) is 3.60. The Morgan fingerprint density at radius 1 is 1.06 bits per heavy atom. The maximum Gasteiger partial charge on any atom is 0.350 e. The van der Waals surface area contributed by atoms with Crippen LogP contribution in [0, 0.1) is 0 Å². The van der Waals surface area contributed by atoms with Crippen LogP contribution in [0.3, 0.4) is 0 Å². The molecule has 182 valence electrons. The number of carbonyl (C=O) groups excluding carboxylic acids is 1. The summed E-state index contributed by atoms with van der Waals surface area (Å²) in [6.07, 6.45) is 6.28. The highest BCUT2D eigenvalue weighted by atomic mass is 16.5. The van der Waals surface area contributed by atoms with Gasteiger partial charge < -0.3 is 9.64 Å². The fraction of sp³-hybridized carbons (Fsp3) is 0.259. The van der Waals surface area contributed by atoms with Crippen molar-refractivity contribution < 1.29 is 9.53 Å². The van der Waals surface area contributed by atoms with Gasteiger partial charge in [0.1, 0.15) is 17.8 Å².